The molecule has 1 saturated heterocycles. The fraction of sp³-hybridized carbons (Fsp3) is 0.600. The van der Waals surface area contributed by atoms with Gasteiger partial charge >= 0.3 is 0 Å². The van der Waals surface area contributed by atoms with Crippen molar-refractivity contribution < 1.29 is 0 Å². The van der Waals surface area contributed by atoms with Crippen molar-refractivity contribution in [1.29, 1.82) is 0 Å². The highest BCUT2D eigenvalue weighted by Gasteiger charge is 2.17. The van der Waals surface area contributed by atoms with Crippen molar-refractivity contribution in [2.75, 3.05) is 24.5 Å². The quantitative estimate of drug-likeness (QED) is 0.707. The summed E-state index contributed by atoms with van der Waals surface area (Å²) in [7, 11) is 0. The first-order valence-corrected chi connectivity index (χ1v) is 5.03. The minimum Gasteiger partial charge on any atom is -0.338 e. The number of aryl methyl sites for hydroxylation is 1. The van der Waals surface area contributed by atoms with Gasteiger partial charge in [0.15, 0.2) is 0 Å². The van der Waals surface area contributed by atoms with Crippen LogP contribution in [0.15, 0.2) is 12.3 Å². The van der Waals surface area contributed by atoms with Crippen molar-refractivity contribution in [3.8, 4) is 0 Å². The number of rotatable bonds is 1. The van der Waals surface area contributed by atoms with Crippen molar-refractivity contribution in [2.45, 2.75) is 19.9 Å². The van der Waals surface area contributed by atoms with Gasteiger partial charge in [0.25, 0.3) is 0 Å². The lowest BCUT2D eigenvalue weighted by Crippen LogP contribution is -2.49. The SMILES string of the molecule is Cc1ccnc(N2CCN[C@H](C)C2)n1. The highest BCUT2D eigenvalue weighted by Crippen LogP contribution is 2.09. The Hall–Kier alpha value is -1.16. The smallest absolute Gasteiger partial charge is 0.225 e. The molecule has 1 aliphatic heterocycles. The van der Waals surface area contributed by atoms with Crippen molar-refractivity contribution in [2.24, 2.45) is 0 Å². The molecule has 1 fully saturated rings. The topological polar surface area (TPSA) is 41.1 Å². The Morgan fingerprint density at radius 2 is 2.43 bits per heavy atom. The fourth-order valence-electron chi connectivity index (χ4n) is 1.70. The first kappa shape index (κ1) is 9.40. The van der Waals surface area contributed by atoms with Crippen LogP contribution in [0.1, 0.15) is 12.6 Å². The van der Waals surface area contributed by atoms with Crippen LogP contribution in [0.25, 0.3) is 0 Å². The molecule has 2 heterocycles. The van der Waals surface area contributed by atoms with Crippen LogP contribution in [-0.4, -0.2) is 35.6 Å². The van der Waals surface area contributed by atoms with E-state index in [1.54, 1.807) is 0 Å². The van der Waals surface area contributed by atoms with Gasteiger partial charge in [-0.25, -0.2) is 9.97 Å². The highest BCUT2D eigenvalue weighted by molar-refractivity contribution is 5.31. The molecule has 4 heteroatoms. The van der Waals surface area contributed by atoms with Gasteiger partial charge < -0.3 is 10.2 Å². The van der Waals surface area contributed by atoms with Crippen LogP contribution < -0.4 is 10.2 Å². The van der Waals surface area contributed by atoms with Gasteiger partial charge in [0.1, 0.15) is 0 Å². The molecule has 76 valence electrons. The highest BCUT2D eigenvalue weighted by atomic mass is 15.3. The molecule has 0 amide bonds. The van der Waals surface area contributed by atoms with Crippen LogP contribution in [0, 0.1) is 6.92 Å². The maximum Gasteiger partial charge on any atom is 0.225 e. The average Bonchev–Trinajstić information content (AvgIpc) is 2.18. The average molecular weight is 192 g/mol. The number of nitrogens with one attached hydrogen (secondary N) is 1. The third-order valence-corrected chi connectivity index (χ3v) is 2.43. The van der Waals surface area contributed by atoms with Crippen LogP contribution in [0.5, 0.6) is 0 Å². The van der Waals surface area contributed by atoms with Crippen molar-refractivity contribution in [1.82, 2.24) is 15.3 Å². The summed E-state index contributed by atoms with van der Waals surface area (Å²) in [4.78, 5) is 10.9. The monoisotopic (exact) mass is 192 g/mol. The van der Waals surface area contributed by atoms with E-state index < -0.39 is 0 Å². The Morgan fingerprint density at radius 1 is 1.57 bits per heavy atom. The maximum atomic E-state index is 4.42. The van der Waals surface area contributed by atoms with E-state index in [9.17, 15) is 0 Å². The van der Waals surface area contributed by atoms with E-state index >= 15 is 0 Å². The molecule has 0 aliphatic carbocycles. The predicted molar refractivity (Wildman–Crippen MR) is 56.4 cm³/mol. The van der Waals surface area contributed by atoms with E-state index in [1.807, 2.05) is 19.2 Å². The molecule has 1 aliphatic rings. The van der Waals surface area contributed by atoms with Crippen molar-refractivity contribution in [3.05, 3.63) is 18.0 Å². The molecule has 14 heavy (non-hydrogen) atoms. The van der Waals surface area contributed by atoms with E-state index in [-0.39, 0.29) is 0 Å². The van der Waals surface area contributed by atoms with E-state index in [1.165, 1.54) is 0 Å². The lowest BCUT2D eigenvalue weighted by atomic mass is 10.2. The molecule has 4 nitrogen and oxygen atoms in total. The zero-order valence-electron chi connectivity index (χ0n) is 8.70. The Kier molecular flexibility index (Phi) is 2.63. The zero-order chi connectivity index (χ0) is 9.97. The van der Waals surface area contributed by atoms with E-state index in [0.717, 1.165) is 31.3 Å². The number of aromatic nitrogens is 2. The molecular formula is C10H16N4. The van der Waals surface area contributed by atoms with Crippen LogP contribution in [-0.2, 0) is 0 Å². The summed E-state index contributed by atoms with van der Waals surface area (Å²) in [5.74, 6) is 0.860. The Labute approximate surface area is 84.4 Å². The molecule has 0 unspecified atom stereocenters. The molecule has 0 saturated carbocycles. The molecule has 0 bridgehead atoms. The van der Waals surface area contributed by atoms with Gasteiger partial charge in [-0.2, -0.15) is 0 Å². The molecule has 0 spiro atoms. The summed E-state index contributed by atoms with van der Waals surface area (Å²) in [5.41, 5.74) is 1.03. The Bertz CT molecular complexity index is 313. The normalized spacial score (nSPS) is 22.4. The molecule has 1 aromatic heterocycles. The summed E-state index contributed by atoms with van der Waals surface area (Å²) < 4.78 is 0. The molecule has 0 radical (unpaired) electrons. The summed E-state index contributed by atoms with van der Waals surface area (Å²) >= 11 is 0. The van der Waals surface area contributed by atoms with Gasteiger partial charge in [-0.1, -0.05) is 0 Å². The van der Waals surface area contributed by atoms with Crippen LogP contribution in [0.2, 0.25) is 0 Å². The summed E-state index contributed by atoms with van der Waals surface area (Å²) in [6.07, 6.45) is 1.82. The first-order chi connectivity index (χ1) is 6.75. The summed E-state index contributed by atoms with van der Waals surface area (Å²) in [6.45, 7) is 7.18. The maximum absolute atomic E-state index is 4.42. The molecule has 2 rings (SSSR count). The van der Waals surface area contributed by atoms with Gasteiger partial charge in [-0.3, -0.25) is 0 Å². The molecule has 1 aromatic rings. The second kappa shape index (κ2) is 3.92. The van der Waals surface area contributed by atoms with E-state index in [4.69, 9.17) is 0 Å². The molecular weight excluding hydrogens is 176 g/mol. The first-order valence-electron chi connectivity index (χ1n) is 5.03. The van der Waals surface area contributed by atoms with Gasteiger partial charge in [0.05, 0.1) is 0 Å². The number of piperazine rings is 1. The fourth-order valence-corrected chi connectivity index (χ4v) is 1.70. The number of nitrogens with zero attached hydrogens (tertiary/aromatic N) is 3. The lowest BCUT2D eigenvalue weighted by Gasteiger charge is -2.31. The second-order valence-corrected chi connectivity index (χ2v) is 3.80. The molecule has 0 aromatic carbocycles. The minimum absolute atomic E-state index is 0.521. The van der Waals surface area contributed by atoms with Crippen LogP contribution >= 0.6 is 0 Å². The third kappa shape index (κ3) is 2.01. The number of hydrogen-bond acceptors (Lipinski definition) is 4. The lowest BCUT2D eigenvalue weighted by molar-refractivity contribution is 0.479. The zero-order valence-corrected chi connectivity index (χ0v) is 8.70. The number of hydrogen-bond donors (Lipinski definition) is 1. The van der Waals surface area contributed by atoms with Gasteiger partial charge in [-0.15, -0.1) is 0 Å². The van der Waals surface area contributed by atoms with Crippen LogP contribution in [0.4, 0.5) is 5.95 Å². The van der Waals surface area contributed by atoms with Gasteiger partial charge in [-0.05, 0) is 19.9 Å². The van der Waals surface area contributed by atoms with E-state index in [2.05, 4.69) is 27.1 Å². The molecule has 1 atom stereocenters. The minimum atomic E-state index is 0.521. The predicted octanol–water partition coefficient (Wildman–Crippen LogP) is 0.583. The van der Waals surface area contributed by atoms with Crippen molar-refractivity contribution >= 4 is 5.95 Å². The Morgan fingerprint density at radius 3 is 3.14 bits per heavy atom. The largest absolute Gasteiger partial charge is 0.338 e. The van der Waals surface area contributed by atoms with Gasteiger partial charge in [0.2, 0.25) is 5.95 Å². The second-order valence-electron chi connectivity index (χ2n) is 3.80. The summed E-state index contributed by atoms with van der Waals surface area (Å²) in [5, 5.41) is 3.40. The molecule has 1 N–H and O–H groups in total. The third-order valence-electron chi connectivity index (χ3n) is 2.43. The Balaban J connectivity index is 2.14. The van der Waals surface area contributed by atoms with Crippen LogP contribution in [0.3, 0.4) is 0 Å². The van der Waals surface area contributed by atoms with Gasteiger partial charge in [0, 0.05) is 37.6 Å². The number of anilines is 1. The standard InChI is InChI=1S/C10H16N4/c1-8-3-4-12-10(13-8)14-6-5-11-9(2)7-14/h3-4,9,11H,5-7H2,1-2H3/t9-/m1/s1. The summed E-state index contributed by atoms with van der Waals surface area (Å²) in [6, 6.07) is 2.45. The van der Waals surface area contributed by atoms with E-state index in [0.29, 0.717) is 6.04 Å². The van der Waals surface area contributed by atoms with Crippen molar-refractivity contribution in [3.63, 3.8) is 0 Å².